The Morgan fingerprint density at radius 3 is 1.94 bits per heavy atom. The Hall–Kier alpha value is -0.920. The van der Waals surface area contributed by atoms with Crippen molar-refractivity contribution in [3.63, 3.8) is 0 Å². The van der Waals surface area contributed by atoms with Gasteiger partial charge in [0.05, 0.1) is 11.4 Å². The molecule has 0 saturated carbocycles. The van der Waals surface area contributed by atoms with Gasteiger partial charge in [-0.3, -0.25) is 0 Å². The number of nitrogens with zero attached hydrogens (tertiary/aromatic N) is 2. The van der Waals surface area contributed by atoms with Gasteiger partial charge in [0.1, 0.15) is 0 Å². The van der Waals surface area contributed by atoms with Gasteiger partial charge >= 0.3 is 0 Å². The van der Waals surface area contributed by atoms with Crippen molar-refractivity contribution >= 4 is 0 Å². The number of hydrogen-bond donors (Lipinski definition) is 0. The van der Waals surface area contributed by atoms with Crippen LogP contribution in [0.15, 0.2) is 12.1 Å². The van der Waals surface area contributed by atoms with Gasteiger partial charge in [0.25, 0.3) is 0 Å². The molecule has 1 aromatic heterocycles. The molecule has 0 aliphatic heterocycles. The zero-order valence-corrected chi connectivity index (χ0v) is 12.3. The highest BCUT2D eigenvalue weighted by Crippen LogP contribution is 2.39. The van der Waals surface area contributed by atoms with Gasteiger partial charge in [-0.1, -0.05) is 48.5 Å². The van der Waals surface area contributed by atoms with Crippen LogP contribution >= 0.6 is 0 Å². The molecule has 0 bridgehead atoms. The van der Waals surface area contributed by atoms with E-state index in [1.807, 2.05) is 0 Å². The van der Waals surface area contributed by atoms with Gasteiger partial charge in [0, 0.05) is 5.41 Å². The molecule has 0 saturated heterocycles. The van der Waals surface area contributed by atoms with Crippen LogP contribution in [0.4, 0.5) is 0 Å². The highest BCUT2D eigenvalue weighted by atomic mass is 15.1. The molecule has 0 N–H and O–H groups in total. The maximum absolute atomic E-state index is 4.42. The first-order valence-electron chi connectivity index (χ1n) is 6.47. The van der Waals surface area contributed by atoms with Crippen LogP contribution in [0, 0.1) is 11.3 Å². The molecule has 0 radical (unpaired) electrons. The highest BCUT2D eigenvalue weighted by molar-refractivity contribution is 5.18. The average molecular weight is 234 g/mol. The minimum Gasteiger partial charge on any atom is -0.155 e. The molecule has 0 spiro atoms. The molecular formula is C15H26N2. The summed E-state index contributed by atoms with van der Waals surface area (Å²) < 4.78 is 0. The fraction of sp³-hybridized carbons (Fsp3) is 0.733. The second-order valence-corrected chi connectivity index (χ2v) is 6.88. The van der Waals surface area contributed by atoms with E-state index >= 15 is 0 Å². The van der Waals surface area contributed by atoms with Gasteiger partial charge in [-0.2, -0.15) is 10.2 Å². The lowest BCUT2D eigenvalue weighted by Crippen LogP contribution is -2.35. The normalized spacial score (nSPS) is 13.2. The van der Waals surface area contributed by atoms with Crippen molar-refractivity contribution in [3.05, 3.63) is 23.5 Å². The molecule has 0 aliphatic carbocycles. The molecule has 0 atom stereocenters. The van der Waals surface area contributed by atoms with Crippen molar-refractivity contribution < 1.29 is 0 Å². The molecule has 0 unspecified atom stereocenters. The van der Waals surface area contributed by atoms with Crippen molar-refractivity contribution in [2.75, 3.05) is 0 Å². The molecule has 1 heterocycles. The van der Waals surface area contributed by atoms with Gasteiger partial charge in [0.2, 0.25) is 0 Å². The Bertz CT molecular complexity index is 356. The zero-order valence-electron chi connectivity index (χ0n) is 12.3. The second-order valence-electron chi connectivity index (χ2n) is 6.88. The molecule has 17 heavy (non-hydrogen) atoms. The summed E-state index contributed by atoms with van der Waals surface area (Å²) in [6.45, 7) is 15.6. The average Bonchev–Trinajstić information content (AvgIpc) is 2.15. The predicted octanol–water partition coefficient (Wildman–Crippen LogP) is 4.00. The van der Waals surface area contributed by atoms with E-state index in [1.54, 1.807) is 0 Å². The van der Waals surface area contributed by atoms with E-state index in [-0.39, 0.29) is 10.8 Å². The monoisotopic (exact) mass is 234 g/mol. The minimum absolute atomic E-state index is 0.0381. The Kier molecular flexibility index (Phi) is 3.95. The highest BCUT2D eigenvalue weighted by Gasteiger charge is 2.35. The van der Waals surface area contributed by atoms with E-state index in [2.05, 4.69) is 70.8 Å². The van der Waals surface area contributed by atoms with Crippen LogP contribution in [0.3, 0.4) is 0 Å². The summed E-state index contributed by atoms with van der Waals surface area (Å²) in [7, 11) is 0. The molecule has 0 fully saturated rings. The van der Waals surface area contributed by atoms with Crippen LogP contribution in [0.25, 0.3) is 0 Å². The lowest BCUT2D eigenvalue weighted by Gasteiger charge is -2.37. The maximum atomic E-state index is 4.42. The molecule has 0 aromatic carbocycles. The molecule has 96 valence electrons. The summed E-state index contributed by atoms with van der Waals surface area (Å²) in [5, 5.41) is 8.77. The van der Waals surface area contributed by atoms with E-state index in [9.17, 15) is 0 Å². The Labute approximate surface area is 106 Å². The third-order valence-corrected chi connectivity index (χ3v) is 3.85. The van der Waals surface area contributed by atoms with Crippen LogP contribution < -0.4 is 0 Å². The van der Waals surface area contributed by atoms with Gasteiger partial charge in [0.15, 0.2) is 0 Å². The topological polar surface area (TPSA) is 25.8 Å². The quantitative estimate of drug-likeness (QED) is 0.790. The van der Waals surface area contributed by atoms with E-state index < -0.39 is 0 Å². The third-order valence-electron chi connectivity index (χ3n) is 3.85. The number of aromatic nitrogens is 2. The third kappa shape index (κ3) is 3.27. The largest absolute Gasteiger partial charge is 0.155 e. The zero-order chi connectivity index (χ0) is 13.3. The second kappa shape index (κ2) is 4.75. The van der Waals surface area contributed by atoms with Gasteiger partial charge in [-0.25, -0.2) is 0 Å². The van der Waals surface area contributed by atoms with Gasteiger partial charge < -0.3 is 0 Å². The van der Waals surface area contributed by atoms with E-state index in [4.69, 9.17) is 0 Å². The standard InChI is InChI=1S/C15H26N2/c1-11(2)10-12-8-9-13(17-16-12)15(6,7)14(3,4)5/h8-9,11H,10H2,1-7H3. The molecule has 0 aliphatic rings. The summed E-state index contributed by atoms with van der Waals surface area (Å²) >= 11 is 0. The minimum atomic E-state index is 0.0381. The Balaban J connectivity index is 2.95. The maximum Gasteiger partial charge on any atom is 0.0692 e. The van der Waals surface area contributed by atoms with E-state index in [0.29, 0.717) is 5.92 Å². The first kappa shape index (κ1) is 14.1. The lowest BCUT2D eigenvalue weighted by atomic mass is 9.67. The van der Waals surface area contributed by atoms with Crippen LogP contribution in [0.2, 0.25) is 0 Å². The van der Waals surface area contributed by atoms with Crippen LogP contribution in [0.1, 0.15) is 59.9 Å². The number of rotatable bonds is 3. The summed E-state index contributed by atoms with van der Waals surface area (Å²) in [5.41, 5.74) is 2.39. The summed E-state index contributed by atoms with van der Waals surface area (Å²) in [4.78, 5) is 0. The van der Waals surface area contributed by atoms with Crippen molar-refractivity contribution in [1.29, 1.82) is 0 Å². The van der Waals surface area contributed by atoms with Crippen LogP contribution in [0.5, 0.6) is 0 Å². The first-order chi connectivity index (χ1) is 7.64. The van der Waals surface area contributed by atoms with E-state index in [0.717, 1.165) is 17.8 Å². The fourth-order valence-corrected chi connectivity index (χ4v) is 1.60. The van der Waals surface area contributed by atoms with Crippen LogP contribution in [-0.4, -0.2) is 10.2 Å². The van der Waals surface area contributed by atoms with Crippen molar-refractivity contribution in [2.45, 2.75) is 60.3 Å². The van der Waals surface area contributed by atoms with Crippen molar-refractivity contribution in [2.24, 2.45) is 11.3 Å². The SMILES string of the molecule is CC(C)Cc1ccc(C(C)(C)C(C)(C)C)nn1. The summed E-state index contributed by atoms with van der Waals surface area (Å²) in [5.74, 6) is 0.630. The molecule has 0 amide bonds. The van der Waals surface area contributed by atoms with Gasteiger partial charge in [-0.05, 0) is 29.9 Å². The van der Waals surface area contributed by atoms with Crippen molar-refractivity contribution in [3.8, 4) is 0 Å². The molecular weight excluding hydrogens is 208 g/mol. The van der Waals surface area contributed by atoms with E-state index in [1.165, 1.54) is 0 Å². The predicted molar refractivity (Wildman–Crippen MR) is 73.1 cm³/mol. The first-order valence-corrected chi connectivity index (χ1v) is 6.47. The fourth-order valence-electron chi connectivity index (χ4n) is 1.60. The molecule has 1 rings (SSSR count). The Morgan fingerprint density at radius 2 is 1.59 bits per heavy atom. The smallest absolute Gasteiger partial charge is 0.0692 e. The number of hydrogen-bond acceptors (Lipinski definition) is 2. The van der Waals surface area contributed by atoms with Crippen LogP contribution in [-0.2, 0) is 11.8 Å². The Morgan fingerprint density at radius 1 is 1.00 bits per heavy atom. The molecule has 2 heteroatoms. The molecule has 1 aromatic rings. The summed E-state index contributed by atoms with van der Waals surface area (Å²) in [6.07, 6.45) is 1.00. The van der Waals surface area contributed by atoms with Gasteiger partial charge in [-0.15, -0.1) is 0 Å². The van der Waals surface area contributed by atoms with Crippen molar-refractivity contribution in [1.82, 2.24) is 10.2 Å². The molecule has 2 nitrogen and oxygen atoms in total. The lowest BCUT2D eigenvalue weighted by molar-refractivity contribution is 0.218. The summed E-state index contributed by atoms with van der Waals surface area (Å²) in [6, 6.07) is 4.26.